The molecule has 2 fully saturated rings. The minimum atomic E-state index is -0.512. The largest absolute Gasteiger partial charge is 0.378 e. The first-order chi connectivity index (χ1) is 6.27. The van der Waals surface area contributed by atoms with Crippen molar-refractivity contribution in [3.8, 4) is 0 Å². The van der Waals surface area contributed by atoms with Crippen molar-refractivity contribution in [3.63, 3.8) is 0 Å². The summed E-state index contributed by atoms with van der Waals surface area (Å²) in [6.45, 7) is 1.77. The summed E-state index contributed by atoms with van der Waals surface area (Å²) in [5.41, 5.74) is 0. The molecule has 0 aromatic carbocycles. The van der Waals surface area contributed by atoms with E-state index in [2.05, 4.69) is 5.32 Å². The lowest BCUT2D eigenvalue weighted by molar-refractivity contribution is -0.130. The Bertz CT molecular complexity index is 206. The highest BCUT2D eigenvalue weighted by Crippen LogP contribution is 2.21. The Balaban J connectivity index is 1.89. The van der Waals surface area contributed by atoms with Gasteiger partial charge in [-0.2, -0.15) is 0 Å². The van der Waals surface area contributed by atoms with Crippen LogP contribution in [0.4, 0.5) is 0 Å². The van der Waals surface area contributed by atoms with E-state index < -0.39 is 6.23 Å². The number of likely N-dealkylation sites (tertiary alicyclic amines) is 1. The lowest BCUT2D eigenvalue weighted by Crippen LogP contribution is -2.43. The zero-order chi connectivity index (χ0) is 9.26. The molecular weight excluding hydrogens is 188 g/mol. The quantitative estimate of drug-likeness (QED) is 0.607. The number of nitrogens with zero attached hydrogens (tertiary/aromatic N) is 1. The fourth-order valence-electron chi connectivity index (χ4n) is 1.70. The molecule has 2 N–H and O–H groups in total. The van der Waals surface area contributed by atoms with Gasteiger partial charge in [0.05, 0.1) is 0 Å². The molecule has 0 saturated carbocycles. The Labute approximate surface area is 81.7 Å². The summed E-state index contributed by atoms with van der Waals surface area (Å²) in [4.78, 5) is 13.6. The second-order valence-corrected chi connectivity index (χ2v) is 4.57. The van der Waals surface area contributed by atoms with Crippen molar-refractivity contribution in [3.05, 3.63) is 0 Å². The maximum atomic E-state index is 11.7. The summed E-state index contributed by atoms with van der Waals surface area (Å²) in [7, 11) is 0. The van der Waals surface area contributed by atoms with Crippen molar-refractivity contribution in [2.45, 2.75) is 24.4 Å². The molecule has 0 bridgehead atoms. The fourth-order valence-corrected chi connectivity index (χ4v) is 2.72. The van der Waals surface area contributed by atoms with Gasteiger partial charge in [0.2, 0.25) is 5.91 Å². The number of amides is 1. The first-order valence-electron chi connectivity index (χ1n) is 4.62. The molecule has 0 aliphatic carbocycles. The minimum Gasteiger partial charge on any atom is -0.378 e. The monoisotopic (exact) mass is 202 g/mol. The van der Waals surface area contributed by atoms with Crippen LogP contribution in [0, 0.1) is 0 Å². The van der Waals surface area contributed by atoms with Crippen LogP contribution in [0.2, 0.25) is 0 Å². The van der Waals surface area contributed by atoms with E-state index in [1.807, 2.05) is 4.90 Å². The number of rotatable bonds is 1. The molecule has 2 aliphatic heterocycles. The van der Waals surface area contributed by atoms with Gasteiger partial charge in [-0.1, -0.05) is 0 Å². The highest BCUT2D eigenvalue weighted by molar-refractivity contribution is 8.00. The number of hydrogen-bond donors (Lipinski definition) is 2. The Morgan fingerprint density at radius 2 is 2.15 bits per heavy atom. The molecule has 0 spiro atoms. The van der Waals surface area contributed by atoms with Gasteiger partial charge in [0, 0.05) is 18.8 Å². The van der Waals surface area contributed by atoms with Gasteiger partial charge in [0.1, 0.15) is 11.6 Å². The maximum Gasteiger partial charge on any atom is 0.250 e. The smallest absolute Gasteiger partial charge is 0.250 e. The third kappa shape index (κ3) is 1.98. The van der Waals surface area contributed by atoms with E-state index in [0.29, 0.717) is 5.75 Å². The van der Waals surface area contributed by atoms with Crippen molar-refractivity contribution < 1.29 is 9.90 Å². The van der Waals surface area contributed by atoms with Gasteiger partial charge in [-0.05, 0) is 12.8 Å². The number of thioether (sulfide) groups is 1. The molecule has 4 nitrogen and oxygen atoms in total. The molecule has 13 heavy (non-hydrogen) atoms. The molecule has 1 amide bonds. The van der Waals surface area contributed by atoms with Crippen LogP contribution in [0.5, 0.6) is 0 Å². The van der Waals surface area contributed by atoms with E-state index in [9.17, 15) is 9.90 Å². The van der Waals surface area contributed by atoms with E-state index in [4.69, 9.17) is 0 Å². The number of aliphatic hydroxyl groups is 1. The van der Waals surface area contributed by atoms with Crippen LogP contribution >= 0.6 is 11.8 Å². The molecule has 2 unspecified atom stereocenters. The van der Waals surface area contributed by atoms with E-state index in [-0.39, 0.29) is 11.3 Å². The summed E-state index contributed by atoms with van der Waals surface area (Å²) in [5.74, 6) is 0.753. The fraction of sp³-hybridized carbons (Fsp3) is 0.875. The Kier molecular flexibility index (Phi) is 2.76. The van der Waals surface area contributed by atoms with Crippen LogP contribution in [0.15, 0.2) is 0 Å². The third-order valence-corrected chi connectivity index (χ3v) is 3.59. The molecule has 2 rings (SSSR count). The maximum absolute atomic E-state index is 11.7. The summed E-state index contributed by atoms with van der Waals surface area (Å²) in [6, 6.07) is 0. The normalized spacial score (nSPS) is 34.1. The lowest BCUT2D eigenvalue weighted by atomic mass is 10.4. The second-order valence-electron chi connectivity index (χ2n) is 3.43. The van der Waals surface area contributed by atoms with Crippen LogP contribution < -0.4 is 5.32 Å². The molecule has 0 aromatic heterocycles. The molecule has 0 radical (unpaired) electrons. The van der Waals surface area contributed by atoms with Crippen molar-refractivity contribution >= 4 is 17.7 Å². The van der Waals surface area contributed by atoms with E-state index in [0.717, 1.165) is 25.9 Å². The summed E-state index contributed by atoms with van der Waals surface area (Å²) in [5, 5.41) is 11.8. The van der Waals surface area contributed by atoms with Gasteiger partial charge >= 0.3 is 0 Å². The molecule has 2 atom stereocenters. The van der Waals surface area contributed by atoms with Gasteiger partial charge in [0.15, 0.2) is 0 Å². The zero-order valence-corrected chi connectivity index (χ0v) is 8.22. The summed E-state index contributed by atoms with van der Waals surface area (Å²) >= 11 is 1.49. The van der Waals surface area contributed by atoms with Crippen LogP contribution in [0.25, 0.3) is 0 Å². The topological polar surface area (TPSA) is 52.6 Å². The Morgan fingerprint density at radius 1 is 1.46 bits per heavy atom. The molecular formula is C8H14N2O2S. The van der Waals surface area contributed by atoms with Crippen LogP contribution in [-0.2, 0) is 4.79 Å². The van der Waals surface area contributed by atoms with Gasteiger partial charge in [-0.25, -0.2) is 0 Å². The van der Waals surface area contributed by atoms with Crippen LogP contribution in [-0.4, -0.2) is 46.4 Å². The number of nitrogens with one attached hydrogen (secondary N) is 1. The summed E-state index contributed by atoms with van der Waals surface area (Å²) < 4.78 is 0. The van der Waals surface area contributed by atoms with E-state index in [1.54, 1.807) is 0 Å². The number of hydrogen-bond acceptors (Lipinski definition) is 4. The van der Waals surface area contributed by atoms with Crippen molar-refractivity contribution in [1.82, 2.24) is 10.2 Å². The predicted molar refractivity (Wildman–Crippen MR) is 51.2 cm³/mol. The van der Waals surface area contributed by atoms with Crippen molar-refractivity contribution in [1.29, 1.82) is 0 Å². The molecule has 5 heteroatoms. The first kappa shape index (κ1) is 9.30. The second kappa shape index (κ2) is 3.86. The standard InChI is InChI=1S/C8H14N2O2S/c11-6-5-13-7(9-6)8(12)10-3-1-2-4-10/h6-7,9,11H,1-5H2. The van der Waals surface area contributed by atoms with Gasteiger partial charge < -0.3 is 10.0 Å². The van der Waals surface area contributed by atoms with Crippen molar-refractivity contribution in [2.24, 2.45) is 0 Å². The average molecular weight is 202 g/mol. The number of aliphatic hydroxyl groups excluding tert-OH is 1. The zero-order valence-electron chi connectivity index (χ0n) is 7.40. The van der Waals surface area contributed by atoms with Gasteiger partial charge in [0.25, 0.3) is 0 Å². The Hall–Kier alpha value is -0.260. The molecule has 74 valence electrons. The van der Waals surface area contributed by atoms with Gasteiger partial charge in [-0.15, -0.1) is 11.8 Å². The summed E-state index contributed by atoms with van der Waals surface area (Å²) in [6.07, 6.45) is 1.72. The molecule has 0 aromatic rings. The molecule has 2 heterocycles. The van der Waals surface area contributed by atoms with Gasteiger partial charge in [-0.3, -0.25) is 10.1 Å². The molecule has 2 aliphatic rings. The highest BCUT2D eigenvalue weighted by atomic mass is 32.2. The highest BCUT2D eigenvalue weighted by Gasteiger charge is 2.32. The predicted octanol–water partition coefficient (Wildman–Crippen LogP) is -0.410. The van der Waals surface area contributed by atoms with E-state index >= 15 is 0 Å². The Morgan fingerprint density at radius 3 is 2.69 bits per heavy atom. The van der Waals surface area contributed by atoms with Crippen molar-refractivity contribution in [2.75, 3.05) is 18.8 Å². The minimum absolute atomic E-state index is 0.138. The van der Waals surface area contributed by atoms with Crippen LogP contribution in [0.1, 0.15) is 12.8 Å². The van der Waals surface area contributed by atoms with Crippen LogP contribution in [0.3, 0.4) is 0 Å². The SMILES string of the molecule is O=C(C1NC(O)CS1)N1CCCC1. The molecule has 2 saturated heterocycles. The first-order valence-corrected chi connectivity index (χ1v) is 5.67. The third-order valence-electron chi connectivity index (χ3n) is 2.41. The number of carbonyl (C=O) groups is 1. The average Bonchev–Trinajstić information content (AvgIpc) is 2.72. The van der Waals surface area contributed by atoms with E-state index in [1.165, 1.54) is 11.8 Å². The number of carbonyl (C=O) groups excluding carboxylic acids is 1. The lowest BCUT2D eigenvalue weighted by Gasteiger charge is -2.19.